The minimum atomic E-state index is -2.04. The van der Waals surface area contributed by atoms with E-state index in [1.54, 1.807) is 61.1 Å². The van der Waals surface area contributed by atoms with Gasteiger partial charge in [0.05, 0.1) is 73.6 Å². The van der Waals surface area contributed by atoms with Crippen LogP contribution < -0.4 is 42.8 Å². The summed E-state index contributed by atoms with van der Waals surface area (Å²) in [6.45, 7) is 0.132. The monoisotopic (exact) mass is 1380 g/mol. The van der Waals surface area contributed by atoms with Gasteiger partial charge in [0.1, 0.15) is 61.8 Å². The quantitative estimate of drug-likeness (QED) is 0.00897. The van der Waals surface area contributed by atoms with Crippen LogP contribution in [0.15, 0.2) is 65.6 Å². The number of pyridine rings is 2. The standard InChI is InChI=1S/C66H78FN13O19/c1-3-66(96)40-23-46-58-38(30-79(46)64(94)39(40)32-98-65(66)95)57-45(15-13-37-34(2)41(67)24-43(75-58)56(37)57)80-29-36(76-77-80)19-21-97-33-72-52(85)27-71-63(93)44(22-35-10-6-4-7-11-35)74-53(86)28-69-51(84)26-70-62(92)42(73-50(83)12-8-5-9-20-78-54(87)17-18-55(78)88)14-16-49(82)68-25-47-59(89)61(91)60(90)48(31-81)99-47/h4,6-7,10-11,17-18,23-24,29,42,44-45,47-48,59-61,81,89-91,96H,3,5,8-9,12-16,19-22,25-28,30-33H2,1-2H3,(H,68,82)(H,69,84)(H,70,92)(H,71,93)(H,72,85)(H,73,83)(H,74,86)/t42?,44-,45-,47-,48+,59-,60+,61+,66-/m0/s1. The third kappa shape index (κ3) is 16.4. The number of hydrogen-bond donors (Lipinski definition) is 12. The number of amides is 9. The zero-order valence-corrected chi connectivity index (χ0v) is 54.3. The average molecular weight is 1380 g/mol. The Morgan fingerprint density at radius 1 is 0.788 bits per heavy atom. The lowest BCUT2D eigenvalue weighted by molar-refractivity contribution is -0.227. The zero-order chi connectivity index (χ0) is 70.8. The molecule has 1 unspecified atom stereocenters. The lowest BCUT2D eigenvalue weighted by atomic mass is 9.81. The molecule has 9 atom stereocenters. The summed E-state index contributed by atoms with van der Waals surface area (Å²) in [4.78, 5) is 149. The van der Waals surface area contributed by atoms with Crippen molar-refractivity contribution in [2.24, 2.45) is 0 Å². The predicted octanol–water partition coefficient (Wildman–Crippen LogP) is -2.93. The van der Waals surface area contributed by atoms with Crippen LogP contribution in [0.2, 0.25) is 0 Å². The molecule has 33 heteroatoms. The summed E-state index contributed by atoms with van der Waals surface area (Å²) in [7, 11) is 0. The highest BCUT2D eigenvalue weighted by molar-refractivity contribution is 6.12. The first kappa shape index (κ1) is 72.0. The summed E-state index contributed by atoms with van der Waals surface area (Å²) in [6.07, 6.45) is -1.81. The van der Waals surface area contributed by atoms with Crippen LogP contribution in [0.4, 0.5) is 4.39 Å². The smallest absolute Gasteiger partial charge is 0.343 e. The van der Waals surface area contributed by atoms with Crippen LogP contribution in [0.3, 0.4) is 0 Å². The van der Waals surface area contributed by atoms with Gasteiger partial charge < -0.3 is 81.5 Å². The van der Waals surface area contributed by atoms with Gasteiger partial charge in [0.25, 0.3) is 17.4 Å². The van der Waals surface area contributed by atoms with Crippen LogP contribution in [0.5, 0.6) is 0 Å². The molecule has 7 heterocycles. The second-order valence-electron chi connectivity index (χ2n) is 24.8. The van der Waals surface area contributed by atoms with E-state index >= 15 is 4.39 Å². The van der Waals surface area contributed by atoms with Crippen molar-refractivity contribution >= 4 is 70.0 Å². The van der Waals surface area contributed by atoms with Crippen molar-refractivity contribution in [1.82, 2.24) is 66.7 Å². The maximum Gasteiger partial charge on any atom is 0.343 e. The van der Waals surface area contributed by atoms with Crippen LogP contribution in [0, 0.1) is 12.7 Å². The molecule has 5 aromatic rings. The van der Waals surface area contributed by atoms with E-state index in [-0.39, 0.29) is 82.8 Å². The third-order valence-corrected chi connectivity index (χ3v) is 18.3. The molecule has 1 fully saturated rings. The molecule has 0 radical (unpaired) electrons. The number of unbranched alkanes of at least 4 members (excludes halogenated alkanes) is 2. The van der Waals surface area contributed by atoms with Gasteiger partial charge in [-0.15, -0.1) is 5.10 Å². The van der Waals surface area contributed by atoms with Crippen LogP contribution >= 0.6 is 0 Å². The van der Waals surface area contributed by atoms with E-state index in [0.29, 0.717) is 71.4 Å². The lowest BCUT2D eigenvalue weighted by Crippen LogP contribution is -2.60. The Kier molecular flexibility index (Phi) is 23.1. The summed E-state index contributed by atoms with van der Waals surface area (Å²) in [6, 6.07) is 8.54. The van der Waals surface area contributed by atoms with Crippen LogP contribution in [-0.2, 0) is 100 Å². The number of nitrogens with zero attached hydrogens (tertiary/aromatic N) is 6. The topological polar surface area (TPSA) is 453 Å². The fourth-order valence-corrected chi connectivity index (χ4v) is 12.8. The number of aromatic nitrogens is 5. The number of imide groups is 1. The summed E-state index contributed by atoms with van der Waals surface area (Å²) in [5.41, 5.74) is 2.98. The van der Waals surface area contributed by atoms with Gasteiger partial charge in [-0.1, -0.05) is 48.9 Å². The molecule has 32 nitrogen and oxygen atoms in total. The van der Waals surface area contributed by atoms with Gasteiger partial charge >= 0.3 is 5.97 Å². The molecule has 12 N–H and O–H groups in total. The normalized spacial score (nSPS) is 21.0. The number of aryl methyl sites for hydroxylation is 1. The summed E-state index contributed by atoms with van der Waals surface area (Å²) in [5, 5.41) is 78.6. The highest BCUT2D eigenvalue weighted by Gasteiger charge is 2.47. The fourth-order valence-electron chi connectivity index (χ4n) is 12.8. The SMILES string of the molecule is CC[C@@]1(O)C(=O)OCc2c1cc1n(c2=O)Cc2c-1nc1cc(F)c(C)c3c1c2[C@@H](n1cc(CCOCNC(=O)CNC(=O)[C@H](Cc2ccccc2)NC(=O)CNC(=O)CNC(=O)C(CCC(=O)NC[C@@H]2O[C@H](CO)[C@@H](O)[C@H](O)[C@H]2O)NC(=O)CCCCCN2C(=O)C=CC2=O)nn1)CC3. The Bertz CT molecular complexity index is 4030. The number of halogens is 1. The second kappa shape index (κ2) is 31.8. The molecule has 10 rings (SSSR count). The molecule has 4 aliphatic heterocycles. The molecule has 0 saturated carbocycles. The Balaban J connectivity index is 0.683. The van der Waals surface area contributed by atoms with Gasteiger partial charge in [-0.25, -0.2) is 18.9 Å². The first-order valence-corrected chi connectivity index (χ1v) is 32.6. The minimum absolute atomic E-state index is 0.0276. The zero-order valence-electron chi connectivity index (χ0n) is 54.3. The number of fused-ring (bicyclic) bond motifs is 5. The van der Waals surface area contributed by atoms with E-state index in [1.165, 1.54) is 10.6 Å². The molecule has 1 aliphatic carbocycles. The molecular weight excluding hydrogens is 1300 g/mol. The molecular formula is C66H78FN13O19. The predicted molar refractivity (Wildman–Crippen MR) is 342 cm³/mol. The fraction of sp³-hybridized carbons (Fsp3) is 0.485. The van der Waals surface area contributed by atoms with E-state index in [9.17, 15) is 78.3 Å². The van der Waals surface area contributed by atoms with Crippen molar-refractivity contribution in [1.29, 1.82) is 0 Å². The molecule has 9 amide bonds. The number of ether oxygens (including phenoxy) is 3. The number of aliphatic hydroxyl groups excluding tert-OH is 4. The highest BCUT2D eigenvalue weighted by atomic mass is 19.1. The molecule has 0 bridgehead atoms. The number of carbonyl (C=O) groups is 10. The maximum atomic E-state index is 15.5. The number of benzene rings is 2. The molecule has 0 spiro atoms. The second-order valence-corrected chi connectivity index (χ2v) is 24.8. The van der Waals surface area contributed by atoms with Crippen molar-refractivity contribution in [2.45, 2.75) is 152 Å². The van der Waals surface area contributed by atoms with E-state index in [1.807, 2.05) is 0 Å². The summed E-state index contributed by atoms with van der Waals surface area (Å²) in [5.74, 6) is -7.42. The Morgan fingerprint density at radius 3 is 2.21 bits per heavy atom. The largest absolute Gasteiger partial charge is 0.458 e. The highest BCUT2D eigenvalue weighted by Crippen LogP contribution is 2.47. The third-order valence-electron chi connectivity index (χ3n) is 18.3. The summed E-state index contributed by atoms with van der Waals surface area (Å²) >= 11 is 0. The molecule has 99 heavy (non-hydrogen) atoms. The molecule has 1 saturated heterocycles. The van der Waals surface area contributed by atoms with E-state index in [2.05, 4.69) is 47.5 Å². The number of carbonyl (C=O) groups excluding carboxylic acids is 10. The van der Waals surface area contributed by atoms with Crippen LogP contribution in [0.1, 0.15) is 109 Å². The van der Waals surface area contributed by atoms with Crippen LogP contribution in [-0.4, -0.2) is 209 Å². The van der Waals surface area contributed by atoms with Crippen molar-refractivity contribution in [3.05, 3.63) is 122 Å². The van der Waals surface area contributed by atoms with E-state index < -0.39 is 157 Å². The Hall–Kier alpha value is -9.77. The van der Waals surface area contributed by atoms with Gasteiger partial charge in [-0.05, 0) is 73.8 Å². The Labute approximate surface area is 564 Å². The summed E-state index contributed by atoms with van der Waals surface area (Å²) < 4.78 is 35.2. The van der Waals surface area contributed by atoms with Crippen molar-refractivity contribution in [3.8, 4) is 11.4 Å². The molecule has 528 valence electrons. The number of rotatable bonds is 31. The van der Waals surface area contributed by atoms with Crippen molar-refractivity contribution < 1.29 is 92.1 Å². The minimum Gasteiger partial charge on any atom is -0.458 e. The van der Waals surface area contributed by atoms with E-state index in [0.717, 1.165) is 33.6 Å². The maximum absolute atomic E-state index is 15.5. The number of aliphatic hydroxyl groups is 5. The number of cyclic esters (lactones) is 1. The van der Waals surface area contributed by atoms with Gasteiger partial charge in [0.15, 0.2) is 5.60 Å². The van der Waals surface area contributed by atoms with Gasteiger partial charge in [-0.3, -0.25) is 52.8 Å². The number of hydrogen-bond acceptors (Lipinski definition) is 22. The van der Waals surface area contributed by atoms with Crippen molar-refractivity contribution in [2.75, 3.05) is 52.7 Å². The van der Waals surface area contributed by atoms with Crippen molar-refractivity contribution in [3.63, 3.8) is 0 Å². The Morgan fingerprint density at radius 2 is 1.48 bits per heavy atom. The van der Waals surface area contributed by atoms with Gasteiger partial charge in [0, 0.05) is 79.7 Å². The molecule has 5 aliphatic rings. The molecule has 2 aromatic carbocycles. The number of nitrogens with one attached hydrogen (secondary N) is 7. The number of esters is 1. The average Bonchev–Trinajstić information content (AvgIpc) is 1.61. The van der Waals surface area contributed by atoms with Gasteiger partial charge in [0.2, 0.25) is 41.4 Å². The van der Waals surface area contributed by atoms with E-state index in [4.69, 9.17) is 19.2 Å². The first-order valence-electron chi connectivity index (χ1n) is 32.6. The van der Waals surface area contributed by atoms with Gasteiger partial charge in [-0.2, -0.15) is 0 Å². The van der Waals surface area contributed by atoms with Crippen LogP contribution in [0.25, 0.3) is 22.3 Å². The molecule has 3 aromatic heterocycles. The lowest BCUT2D eigenvalue weighted by Gasteiger charge is -2.40. The first-order chi connectivity index (χ1) is 47.5.